The Kier molecular flexibility index (Phi) is 6.11. The molecule has 0 aliphatic carbocycles. The molecule has 3 rings (SSSR count). The molecule has 1 amide bonds. The van der Waals surface area contributed by atoms with Gasteiger partial charge in [-0.05, 0) is 48.9 Å². The van der Waals surface area contributed by atoms with Crippen LogP contribution in [0, 0.1) is 0 Å². The molecule has 0 unspecified atom stereocenters. The summed E-state index contributed by atoms with van der Waals surface area (Å²) in [6, 6.07) is 12.6. The zero-order valence-corrected chi connectivity index (χ0v) is 15.8. The summed E-state index contributed by atoms with van der Waals surface area (Å²) in [7, 11) is 3.15. The number of nitrogens with zero attached hydrogens (tertiary/aromatic N) is 2. The van der Waals surface area contributed by atoms with Crippen LogP contribution in [0.4, 0.5) is 0 Å². The summed E-state index contributed by atoms with van der Waals surface area (Å²) in [6.07, 6.45) is 0.610. The van der Waals surface area contributed by atoms with Gasteiger partial charge in [-0.3, -0.25) is 4.79 Å². The molecule has 0 saturated heterocycles. The summed E-state index contributed by atoms with van der Waals surface area (Å²) in [4.78, 5) is 12.3. The Bertz CT molecular complexity index is 910. The van der Waals surface area contributed by atoms with E-state index in [-0.39, 0.29) is 5.91 Å². The van der Waals surface area contributed by atoms with Crippen molar-refractivity contribution in [1.29, 1.82) is 0 Å². The van der Waals surface area contributed by atoms with E-state index < -0.39 is 6.10 Å². The van der Waals surface area contributed by atoms with E-state index in [9.17, 15) is 4.79 Å². The number of methoxy groups -OCH3 is 2. The Balaban J connectivity index is 1.54. The first-order valence-corrected chi connectivity index (χ1v) is 8.62. The first kappa shape index (κ1) is 19.2. The molecule has 0 saturated carbocycles. The minimum atomic E-state index is -0.658. The van der Waals surface area contributed by atoms with Gasteiger partial charge < -0.3 is 23.9 Å². The van der Waals surface area contributed by atoms with Crippen LogP contribution >= 0.6 is 0 Å². The molecule has 28 heavy (non-hydrogen) atoms. The van der Waals surface area contributed by atoms with Crippen LogP contribution in [0.5, 0.6) is 17.2 Å². The number of benzene rings is 2. The lowest BCUT2D eigenvalue weighted by Gasteiger charge is -2.15. The van der Waals surface area contributed by atoms with Gasteiger partial charge in [-0.25, -0.2) is 0 Å². The summed E-state index contributed by atoms with van der Waals surface area (Å²) in [5.74, 6) is 2.01. The molecule has 0 spiro atoms. The van der Waals surface area contributed by atoms with Gasteiger partial charge in [-0.1, -0.05) is 6.07 Å². The SMILES string of the molecule is COc1ccc(CNC(=O)[C@H](C)Oc2ccc(-c3nnco3)cc2)cc1OC. The molecule has 2 aromatic carbocycles. The minimum absolute atomic E-state index is 0.226. The van der Waals surface area contributed by atoms with E-state index in [1.54, 1.807) is 51.5 Å². The number of nitrogens with one attached hydrogen (secondary N) is 1. The quantitative estimate of drug-likeness (QED) is 0.639. The first-order chi connectivity index (χ1) is 13.6. The van der Waals surface area contributed by atoms with Crippen molar-refractivity contribution in [2.24, 2.45) is 0 Å². The Labute approximate surface area is 162 Å². The van der Waals surface area contributed by atoms with Gasteiger partial charge in [0, 0.05) is 12.1 Å². The third kappa shape index (κ3) is 4.59. The second kappa shape index (κ2) is 8.90. The molecular formula is C20H21N3O5. The molecule has 0 radical (unpaired) electrons. The molecule has 0 bridgehead atoms. The Morgan fingerprint density at radius 1 is 1.11 bits per heavy atom. The molecule has 1 aromatic heterocycles. The lowest BCUT2D eigenvalue weighted by molar-refractivity contribution is -0.127. The van der Waals surface area contributed by atoms with Crippen LogP contribution in [0.25, 0.3) is 11.5 Å². The van der Waals surface area contributed by atoms with Crippen molar-refractivity contribution in [3.8, 4) is 28.7 Å². The standard InChI is InChI=1S/C20H21N3O5/c1-13(28-16-7-5-15(6-8-16)20-23-22-12-27-20)19(24)21-11-14-4-9-17(25-2)18(10-14)26-3/h4-10,12-13H,11H2,1-3H3,(H,21,24)/t13-/m0/s1. The number of carbonyl (C=O) groups excluding carboxylic acids is 1. The number of ether oxygens (including phenoxy) is 3. The topological polar surface area (TPSA) is 95.7 Å². The molecule has 1 N–H and O–H groups in total. The van der Waals surface area contributed by atoms with Crippen LogP contribution in [0.15, 0.2) is 53.3 Å². The van der Waals surface area contributed by atoms with Crippen molar-refractivity contribution in [3.05, 3.63) is 54.4 Å². The van der Waals surface area contributed by atoms with Gasteiger partial charge in [0.1, 0.15) is 5.75 Å². The van der Waals surface area contributed by atoms with Crippen molar-refractivity contribution in [2.45, 2.75) is 19.6 Å². The van der Waals surface area contributed by atoms with Gasteiger partial charge in [0.2, 0.25) is 12.3 Å². The summed E-state index contributed by atoms with van der Waals surface area (Å²) < 4.78 is 21.3. The number of aromatic nitrogens is 2. The van der Waals surface area contributed by atoms with E-state index in [1.165, 1.54) is 6.39 Å². The Morgan fingerprint density at radius 2 is 1.86 bits per heavy atom. The molecule has 146 valence electrons. The smallest absolute Gasteiger partial charge is 0.261 e. The number of hydrogen-bond donors (Lipinski definition) is 1. The monoisotopic (exact) mass is 383 g/mol. The van der Waals surface area contributed by atoms with Gasteiger partial charge in [0.05, 0.1) is 14.2 Å². The predicted molar refractivity (Wildman–Crippen MR) is 101 cm³/mol. The second-order valence-electron chi connectivity index (χ2n) is 5.94. The third-order valence-electron chi connectivity index (χ3n) is 4.06. The van der Waals surface area contributed by atoms with E-state index in [0.717, 1.165) is 11.1 Å². The average Bonchev–Trinajstić information content (AvgIpc) is 3.27. The molecule has 0 fully saturated rings. The highest BCUT2D eigenvalue weighted by atomic mass is 16.5. The van der Waals surface area contributed by atoms with Crippen molar-refractivity contribution in [2.75, 3.05) is 14.2 Å². The minimum Gasteiger partial charge on any atom is -0.493 e. The molecule has 8 nitrogen and oxygen atoms in total. The van der Waals surface area contributed by atoms with Crippen molar-refractivity contribution in [3.63, 3.8) is 0 Å². The fourth-order valence-corrected chi connectivity index (χ4v) is 2.56. The van der Waals surface area contributed by atoms with Crippen LogP contribution in [-0.2, 0) is 11.3 Å². The highest BCUT2D eigenvalue weighted by molar-refractivity contribution is 5.80. The molecule has 0 aliphatic rings. The van der Waals surface area contributed by atoms with E-state index in [2.05, 4.69) is 15.5 Å². The highest BCUT2D eigenvalue weighted by Crippen LogP contribution is 2.27. The predicted octanol–water partition coefficient (Wildman–Crippen LogP) is 2.84. The van der Waals surface area contributed by atoms with Crippen LogP contribution in [-0.4, -0.2) is 36.4 Å². The largest absolute Gasteiger partial charge is 0.493 e. The van der Waals surface area contributed by atoms with E-state index in [4.69, 9.17) is 18.6 Å². The summed E-state index contributed by atoms with van der Waals surface area (Å²) in [5.41, 5.74) is 1.66. The number of rotatable bonds is 8. The van der Waals surface area contributed by atoms with Crippen LogP contribution < -0.4 is 19.5 Å². The summed E-state index contributed by atoms with van der Waals surface area (Å²) >= 11 is 0. The maximum atomic E-state index is 12.3. The maximum absolute atomic E-state index is 12.3. The molecule has 3 aromatic rings. The lowest BCUT2D eigenvalue weighted by Crippen LogP contribution is -2.35. The van der Waals surface area contributed by atoms with Crippen LogP contribution in [0.1, 0.15) is 12.5 Å². The zero-order valence-electron chi connectivity index (χ0n) is 15.8. The van der Waals surface area contributed by atoms with Gasteiger partial charge >= 0.3 is 0 Å². The number of carbonyl (C=O) groups is 1. The number of hydrogen-bond acceptors (Lipinski definition) is 7. The summed E-state index contributed by atoms with van der Waals surface area (Å²) in [6.45, 7) is 2.04. The van der Waals surface area contributed by atoms with Crippen LogP contribution in [0.2, 0.25) is 0 Å². The highest BCUT2D eigenvalue weighted by Gasteiger charge is 2.15. The Hall–Kier alpha value is -3.55. The van der Waals surface area contributed by atoms with E-state index >= 15 is 0 Å². The van der Waals surface area contributed by atoms with Gasteiger partial charge in [-0.15, -0.1) is 10.2 Å². The molecule has 8 heteroatoms. The molecule has 1 heterocycles. The molecule has 1 atom stereocenters. The van der Waals surface area contributed by atoms with E-state index in [1.807, 2.05) is 12.1 Å². The second-order valence-corrected chi connectivity index (χ2v) is 5.94. The normalized spacial score (nSPS) is 11.5. The first-order valence-electron chi connectivity index (χ1n) is 8.62. The zero-order chi connectivity index (χ0) is 19.9. The van der Waals surface area contributed by atoms with Gasteiger partial charge in [-0.2, -0.15) is 0 Å². The molecular weight excluding hydrogens is 362 g/mol. The van der Waals surface area contributed by atoms with Gasteiger partial charge in [0.15, 0.2) is 17.6 Å². The Morgan fingerprint density at radius 3 is 2.50 bits per heavy atom. The van der Waals surface area contributed by atoms with Gasteiger partial charge in [0.25, 0.3) is 5.91 Å². The molecule has 0 aliphatic heterocycles. The fourth-order valence-electron chi connectivity index (χ4n) is 2.56. The summed E-state index contributed by atoms with van der Waals surface area (Å²) in [5, 5.41) is 10.3. The number of amides is 1. The van der Waals surface area contributed by atoms with Crippen LogP contribution in [0.3, 0.4) is 0 Å². The maximum Gasteiger partial charge on any atom is 0.261 e. The van der Waals surface area contributed by atoms with Crippen molar-refractivity contribution >= 4 is 5.91 Å². The average molecular weight is 383 g/mol. The third-order valence-corrected chi connectivity index (χ3v) is 4.06. The fraction of sp³-hybridized carbons (Fsp3) is 0.250. The van der Waals surface area contributed by atoms with E-state index in [0.29, 0.717) is 29.7 Å². The lowest BCUT2D eigenvalue weighted by atomic mass is 10.2. The van der Waals surface area contributed by atoms with Crippen molar-refractivity contribution in [1.82, 2.24) is 15.5 Å². The van der Waals surface area contributed by atoms with Crippen molar-refractivity contribution < 1.29 is 23.4 Å².